The molecule has 0 unspecified atom stereocenters. The molecule has 0 aliphatic carbocycles. The maximum Gasteiger partial charge on any atom is 0.206 e. The van der Waals surface area contributed by atoms with E-state index in [1.54, 1.807) is 60.7 Å². The van der Waals surface area contributed by atoms with Gasteiger partial charge in [-0.3, -0.25) is 5.43 Å². The summed E-state index contributed by atoms with van der Waals surface area (Å²) in [5, 5.41) is 7.63. The van der Waals surface area contributed by atoms with Gasteiger partial charge in [-0.05, 0) is 78.8 Å². The largest absolute Gasteiger partial charge is 0.489 e. The van der Waals surface area contributed by atoms with Crippen molar-refractivity contribution in [2.75, 3.05) is 6.54 Å². The molecule has 0 amide bonds. The first-order valence-electron chi connectivity index (χ1n) is 10.2. The highest BCUT2D eigenvalue weighted by Gasteiger charge is 2.16. The van der Waals surface area contributed by atoms with Crippen LogP contribution in [0.15, 0.2) is 106 Å². The number of hydrogen-bond acceptors (Lipinski definition) is 5. The van der Waals surface area contributed by atoms with Gasteiger partial charge in [-0.15, -0.1) is 6.58 Å². The quantitative estimate of drug-likeness (QED) is 0.204. The Morgan fingerprint density at radius 3 is 2.27 bits per heavy atom. The Bertz CT molecular complexity index is 1220. The predicted molar refractivity (Wildman–Crippen MR) is 135 cm³/mol. The summed E-state index contributed by atoms with van der Waals surface area (Å²) < 4.78 is 31.2. The number of nitrogens with zero attached hydrogens (tertiary/aromatic N) is 1. The van der Waals surface area contributed by atoms with Crippen LogP contribution in [0.1, 0.15) is 18.1 Å². The Labute approximate surface area is 199 Å². The highest BCUT2D eigenvalue weighted by atomic mass is 32.2. The van der Waals surface area contributed by atoms with Gasteiger partial charge < -0.3 is 10.1 Å². The minimum absolute atomic E-state index is 0.254. The lowest BCUT2D eigenvalue weighted by atomic mass is 10.1. The smallest absolute Gasteiger partial charge is 0.206 e. The lowest BCUT2D eigenvalue weighted by molar-refractivity contribution is 0.306. The topological polar surface area (TPSA) is 79.8 Å². The number of hydrogen-bond donors (Lipinski definition) is 2. The highest BCUT2D eigenvalue weighted by Crippen LogP contribution is 2.21. The number of benzene rings is 3. The van der Waals surface area contributed by atoms with Crippen LogP contribution in [0.25, 0.3) is 0 Å². The summed E-state index contributed by atoms with van der Waals surface area (Å²) in [7, 11) is -3.52. The van der Waals surface area contributed by atoms with Crippen molar-refractivity contribution in [1.29, 1.82) is 0 Å². The van der Waals surface area contributed by atoms with Crippen LogP contribution in [0.3, 0.4) is 0 Å². The fourth-order valence-electron chi connectivity index (χ4n) is 2.86. The highest BCUT2D eigenvalue weighted by molar-refractivity contribution is 7.91. The molecule has 6 nitrogen and oxygen atoms in total. The number of nitrogens with one attached hydrogen (secondary N) is 2. The van der Waals surface area contributed by atoms with Gasteiger partial charge in [-0.1, -0.05) is 36.4 Å². The molecule has 2 N–H and O–H groups in total. The molecular formula is C25H25N3O3S2. The van der Waals surface area contributed by atoms with E-state index in [4.69, 9.17) is 17.0 Å². The summed E-state index contributed by atoms with van der Waals surface area (Å²) >= 11 is 5.11. The monoisotopic (exact) mass is 479 g/mol. The molecule has 0 aliphatic heterocycles. The summed E-state index contributed by atoms with van der Waals surface area (Å²) in [5.41, 5.74) is 5.36. The van der Waals surface area contributed by atoms with Gasteiger partial charge in [0.2, 0.25) is 9.84 Å². The lowest BCUT2D eigenvalue weighted by Crippen LogP contribution is -2.32. The zero-order valence-electron chi connectivity index (χ0n) is 18.2. The summed E-state index contributed by atoms with van der Waals surface area (Å²) in [4.78, 5) is 0.530. The molecule has 3 aromatic rings. The number of thiocarbonyl (C=S) groups is 1. The average Bonchev–Trinajstić information content (AvgIpc) is 2.85. The molecule has 0 atom stereocenters. The maximum atomic E-state index is 12.7. The average molecular weight is 480 g/mol. The maximum absolute atomic E-state index is 12.7. The normalized spacial score (nSPS) is 11.5. The Balaban J connectivity index is 1.57. The van der Waals surface area contributed by atoms with Gasteiger partial charge in [0.25, 0.3) is 0 Å². The minimum Gasteiger partial charge on any atom is -0.489 e. The first-order chi connectivity index (χ1) is 15.9. The van der Waals surface area contributed by atoms with Crippen molar-refractivity contribution in [3.8, 4) is 5.75 Å². The summed E-state index contributed by atoms with van der Waals surface area (Å²) in [5.74, 6) is 0.698. The molecule has 0 saturated heterocycles. The second kappa shape index (κ2) is 11.4. The molecule has 0 heterocycles. The van der Waals surface area contributed by atoms with Crippen LogP contribution >= 0.6 is 12.2 Å². The lowest BCUT2D eigenvalue weighted by Gasteiger charge is -2.09. The zero-order valence-corrected chi connectivity index (χ0v) is 19.8. The predicted octanol–water partition coefficient (Wildman–Crippen LogP) is 4.47. The molecule has 3 rings (SSSR count). The second-order valence-corrected chi connectivity index (χ2v) is 9.44. The van der Waals surface area contributed by atoms with Crippen molar-refractivity contribution < 1.29 is 13.2 Å². The van der Waals surface area contributed by atoms with Gasteiger partial charge in [0, 0.05) is 6.54 Å². The molecule has 0 fully saturated rings. The molecule has 0 bridgehead atoms. The fourth-order valence-corrected chi connectivity index (χ4v) is 4.27. The van der Waals surface area contributed by atoms with Crippen molar-refractivity contribution in [1.82, 2.24) is 10.7 Å². The molecule has 0 saturated carbocycles. The standard InChI is InChI=1S/C25H25N3O3S2/c1-3-17-26-25(32)28-27-19(2)21-11-13-22(14-12-21)31-18-20-9-15-24(16-10-20)33(29,30)23-7-5-4-6-8-23/h3-16H,1,17-18H2,2H3,(H2,26,28,32)/b27-19+. The van der Waals surface area contributed by atoms with E-state index in [2.05, 4.69) is 22.4 Å². The summed E-state index contributed by atoms with van der Waals surface area (Å²) in [6, 6.07) is 22.6. The van der Waals surface area contributed by atoms with Gasteiger partial charge in [0.1, 0.15) is 12.4 Å². The van der Waals surface area contributed by atoms with Crippen LogP contribution < -0.4 is 15.5 Å². The van der Waals surface area contributed by atoms with Gasteiger partial charge in [-0.25, -0.2) is 8.42 Å². The Morgan fingerprint density at radius 1 is 1.00 bits per heavy atom. The third kappa shape index (κ3) is 6.74. The van der Waals surface area contributed by atoms with Crippen LogP contribution in [-0.4, -0.2) is 25.8 Å². The van der Waals surface area contributed by atoms with Crippen molar-refractivity contribution >= 4 is 32.9 Å². The molecule has 33 heavy (non-hydrogen) atoms. The Kier molecular flexibility index (Phi) is 8.34. The third-order valence-corrected chi connectivity index (χ3v) is 6.72. The SMILES string of the molecule is C=CCNC(=S)N/N=C(\C)c1ccc(OCc2ccc(S(=O)(=O)c3ccccc3)cc2)cc1. The van der Waals surface area contributed by atoms with Crippen LogP contribution in [-0.2, 0) is 16.4 Å². The van der Waals surface area contributed by atoms with Crippen molar-refractivity contribution in [3.63, 3.8) is 0 Å². The number of ether oxygens (including phenoxy) is 1. The van der Waals surface area contributed by atoms with E-state index in [-0.39, 0.29) is 9.79 Å². The van der Waals surface area contributed by atoms with Crippen molar-refractivity contribution in [2.45, 2.75) is 23.3 Å². The van der Waals surface area contributed by atoms with E-state index in [1.807, 2.05) is 31.2 Å². The van der Waals surface area contributed by atoms with Gasteiger partial charge >= 0.3 is 0 Å². The van der Waals surface area contributed by atoms with Crippen LogP contribution in [0, 0.1) is 0 Å². The van der Waals surface area contributed by atoms with E-state index in [0.717, 1.165) is 16.8 Å². The first kappa shape index (κ1) is 24.2. The van der Waals surface area contributed by atoms with Gasteiger partial charge in [-0.2, -0.15) is 5.10 Å². The van der Waals surface area contributed by atoms with E-state index >= 15 is 0 Å². The zero-order chi connectivity index (χ0) is 23.7. The van der Waals surface area contributed by atoms with E-state index in [0.29, 0.717) is 24.0 Å². The summed E-state index contributed by atoms with van der Waals surface area (Å²) in [6.45, 7) is 6.39. The van der Waals surface area contributed by atoms with E-state index in [1.165, 1.54) is 0 Å². The number of rotatable bonds is 9. The fraction of sp³-hybridized carbons (Fsp3) is 0.120. The first-order valence-corrected chi connectivity index (χ1v) is 12.1. The molecule has 8 heteroatoms. The minimum atomic E-state index is -3.52. The number of sulfone groups is 1. The van der Waals surface area contributed by atoms with Crippen LogP contribution in [0.5, 0.6) is 5.75 Å². The molecule has 0 aliphatic rings. The molecule has 0 radical (unpaired) electrons. The number of hydrazone groups is 1. The molecule has 0 aromatic heterocycles. The van der Waals surface area contributed by atoms with Crippen LogP contribution in [0.2, 0.25) is 0 Å². The Hall–Kier alpha value is -3.49. The molecular weight excluding hydrogens is 454 g/mol. The Morgan fingerprint density at radius 2 is 1.64 bits per heavy atom. The van der Waals surface area contributed by atoms with E-state index in [9.17, 15) is 8.42 Å². The van der Waals surface area contributed by atoms with Crippen molar-refractivity contribution in [2.24, 2.45) is 5.10 Å². The van der Waals surface area contributed by atoms with Gasteiger partial charge in [0.15, 0.2) is 5.11 Å². The summed E-state index contributed by atoms with van der Waals surface area (Å²) in [6.07, 6.45) is 1.71. The molecule has 3 aromatic carbocycles. The van der Waals surface area contributed by atoms with Crippen molar-refractivity contribution in [3.05, 3.63) is 103 Å². The third-order valence-electron chi connectivity index (χ3n) is 4.70. The van der Waals surface area contributed by atoms with Gasteiger partial charge in [0.05, 0.1) is 15.5 Å². The second-order valence-electron chi connectivity index (χ2n) is 7.08. The van der Waals surface area contributed by atoms with Crippen LogP contribution in [0.4, 0.5) is 0 Å². The van der Waals surface area contributed by atoms with E-state index < -0.39 is 9.84 Å². The molecule has 0 spiro atoms. The molecule has 170 valence electrons.